The summed E-state index contributed by atoms with van der Waals surface area (Å²) in [6.45, 7) is 0. The van der Waals surface area contributed by atoms with E-state index in [0.29, 0.717) is 0 Å². The van der Waals surface area contributed by atoms with Gasteiger partial charge in [0, 0.05) is 12.4 Å². The molecule has 2 heterocycles. The van der Waals surface area contributed by atoms with Gasteiger partial charge in [-0.15, -0.1) is 0 Å². The van der Waals surface area contributed by atoms with Crippen molar-refractivity contribution in [3.8, 4) is 11.4 Å². The fraction of sp³-hybridized carbons (Fsp3) is 0. The molecule has 10 nitrogen and oxygen atoms in total. The summed E-state index contributed by atoms with van der Waals surface area (Å²) in [4.78, 5) is 51.7. The largest absolute Gasteiger partial charge is 0.478 e. The van der Waals surface area contributed by atoms with Crippen molar-refractivity contribution in [2.45, 2.75) is 0 Å². The minimum atomic E-state index is -1.52. The second-order valence-corrected chi connectivity index (χ2v) is 4.45. The lowest BCUT2D eigenvalue weighted by Crippen LogP contribution is -2.11. The molecule has 0 aliphatic heterocycles. The maximum Gasteiger partial charge on any atom is 0.338 e. The lowest BCUT2D eigenvalue weighted by Gasteiger charge is -2.07. The van der Waals surface area contributed by atoms with Crippen LogP contribution in [-0.4, -0.2) is 54.3 Å². The molecule has 0 saturated carbocycles. The van der Waals surface area contributed by atoms with Crippen LogP contribution in [0.5, 0.6) is 0 Å². The Hall–Kier alpha value is -3.82. The van der Waals surface area contributed by atoms with Gasteiger partial charge in [-0.2, -0.15) is 0 Å². The van der Waals surface area contributed by atoms with Crippen LogP contribution >= 0.6 is 0 Å². The van der Waals surface area contributed by atoms with E-state index in [1.54, 1.807) is 0 Å². The van der Waals surface area contributed by atoms with E-state index in [-0.39, 0.29) is 11.4 Å². The van der Waals surface area contributed by atoms with Crippen LogP contribution in [0.3, 0.4) is 0 Å². The molecule has 0 saturated heterocycles. The highest BCUT2D eigenvalue weighted by molar-refractivity contribution is 6.03. The molecule has 0 bridgehead atoms. The van der Waals surface area contributed by atoms with E-state index in [9.17, 15) is 19.2 Å². The summed E-state index contributed by atoms with van der Waals surface area (Å²) < 4.78 is 0. The summed E-state index contributed by atoms with van der Waals surface area (Å²) in [6, 6.07) is 1.83. The molecule has 2 aromatic rings. The van der Waals surface area contributed by atoms with Gasteiger partial charge in [0.15, 0.2) is 0 Å². The van der Waals surface area contributed by atoms with Gasteiger partial charge >= 0.3 is 23.9 Å². The molecule has 0 fully saturated rings. The van der Waals surface area contributed by atoms with Crippen molar-refractivity contribution in [3.63, 3.8) is 0 Å². The van der Waals surface area contributed by atoms with Gasteiger partial charge < -0.3 is 20.4 Å². The highest BCUT2D eigenvalue weighted by atomic mass is 16.4. The summed E-state index contributed by atoms with van der Waals surface area (Å²) in [5.74, 6) is -6.02. The molecule has 0 spiro atoms. The van der Waals surface area contributed by atoms with E-state index in [4.69, 9.17) is 20.4 Å². The van der Waals surface area contributed by atoms with Crippen LogP contribution in [0.25, 0.3) is 11.4 Å². The van der Waals surface area contributed by atoms with Crippen molar-refractivity contribution in [2.24, 2.45) is 0 Å². The third-order valence-corrected chi connectivity index (χ3v) is 2.99. The number of aromatic carboxylic acids is 4. The van der Waals surface area contributed by atoms with Crippen molar-refractivity contribution in [2.75, 3.05) is 0 Å². The molecule has 122 valence electrons. The summed E-state index contributed by atoms with van der Waals surface area (Å²) in [6.07, 6.45) is 1.60. The van der Waals surface area contributed by atoms with Gasteiger partial charge in [-0.25, -0.2) is 19.2 Å². The number of carboxylic acid groups (broad SMARTS) is 4. The van der Waals surface area contributed by atoms with E-state index in [1.807, 2.05) is 0 Å². The van der Waals surface area contributed by atoms with Crippen LogP contribution < -0.4 is 0 Å². The van der Waals surface area contributed by atoms with Crippen molar-refractivity contribution >= 4 is 23.9 Å². The number of aromatic nitrogens is 2. The highest BCUT2D eigenvalue weighted by Crippen LogP contribution is 2.21. The van der Waals surface area contributed by atoms with Crippen molar-refractivity contribution in [1.29, 1.82) is 0 Å². The third kappa shape index (κ3) is 3.02. The first-order chi connectivity index (χ1) is 11.2. The molecule has 24 heavy (non-hydrogen) atoms. The molecule has 0 atom stereocenters. The first-order valence-corrected chi connectivity index (χ1v) is 6.16. The average molecular weight is 332 g/mol. The summed E-state index contributed by atoms with van der Waals surface area (Å²) in [7, 11) is 0. The van der Waals surface area contributed by atoms with Crippen LogP contribution in [0, 0.1) is 0 Å². The summed E-state index contributed by atoms with van der Waals surface area (Å²) in [5.41, 5.74) is -2.45. The Morgan fingerprint density at radius 2 is 0.875 bits per heavy atom. The van der Waals surface area contributed by atoms with Gasteiger partial charge in [0.05, 0.1) is 33.6 Å². The zero-order valence-electron chi connectivity index (χ0n) is 11.6. The van der Waals surface area contributed by atoms with Crippen molar-refractivity contribution in [1.82, 2.24) is 9.97 Å². The van der Waals surface area contributed by atoms with Crippen LogP contribution in [0.2, 0.25) is 0 Å². The van der Waals surface area contributed by atoms with Gasteiger partial charge in [-0.3, -0.25) is 9.97 Å². The summed E-state index contributed by atoms with van der Waals surface area (Å²) >= 11 is 0. The first-order valence-electron chi connectivity index (χ1n) is 6.16. The SMILES string of the molecule is O=C(O)c1cnc(-c2cc(C(=O)O)c(C(=O)O)cn2)cc1C(=O)O. The molecule has 2 aromatic heterocycles. The van der Waals surface area contributed by atoms with Crippen LogP contribution in [0.1, 0.15) is 41.4 Å². The summed E-state index contributed by atoms with van der Waals surface area (Å²) in [5, 5.41) is 36.0. The Labute approximate surface area is 132 Å². The van der Waals surface area contributed by atoms with Crippen molar-refractivity contribution in [3.05, 3.63) is 46.8 Å². The number of pyridine rings is 2. The second kappa shape index (κ2) is 6.12. The Bertz CT molecular complexity index is 817. The minimum absolute atomic E-state index is 0.114. The average Bonchev–Trinajstić information content (AvgIpc) is 2.53. The smallest absolute Gasteiger partial charge is 0.338 e. The molecule has 0 aliphatic rings. The zero-order chi connectivity index (χ0) is 18.0. The maximum atomic E-state index is 11.1. The number of nitrogens with zero attached hydrogens (tertiary/aromatic N) is 2. The Balaban J connectivity index is 2.64. The number of hydrogen-bond donors (Lipinski definition) is 4. The monoisotopic (exact) mass is 332 g/mol. The van der Waals surface area contributed by atoms with Gasteiger partial charge in [0.2, 0.25) is 0 Å². The molecule has 0 radical (unpaired) electrons. The van der Waals surface area contributed by atoms with Gasteiger partial charge in [-0.1, -0.05) is 0 Å². The predicted molar refractivity (Wildman–Crippen MR) is 75.3 cm³/mol. The molecular weight excluding hydrogens is 324 g/mol. The molecule has 2 rings (SSSR count). The van der Waals surface area contributed by atoms with E-state index in [2.05, 4.69) is 9.97 Å². The van der Waals surface area contributed by atoms with Crippen molar-refractivity contribution < 1.29 is 39.6 Å². The second-order valence-electron chi connectivity index (χ2n) is 4.45. The highest BCUT2D eigenvalue weighted by Gasteiger charge is 2.21. The number of carbonyl (C=O) groups is 4. The van der Waals surface area contributed by atoms with Crippen LogP contribution in [0.4, 0.5) is 0 Å². The number of rotatable bonds is 5. The van der Waals surface area contributed by atoms with E-state index < -0.39 is 46.1 Å². The van der Waals surface area contributed by atoms with Crippen LogP contribution in [-0.2, 0) is 0 Å². The van der Waals surface area contributed by atoms with E-state index in [1.165, 1.54) is 0 Å². The fourth-order valence-corrected chi connectivity index (χ4v) is 1.89. The normalized spacial score (nSPS) is 10.2. The third-order valence-electron chi connectivity index (χ3n) is 2.99. The molecule has 0 amide bonds. The molecule has 4 N–H and O–H groups in total. The maximum absolute atomic E-state index is 11.1. The van der Waals surface area contributed by atoms with Crippen LogP contribution in [0.15, 0.2) is 24.5 Å². The van der Waals surface area contributed by atoms with E-state index in [0.717, 1.165) is 24.5 Å². The van der Waals surface area contributed by atoms with Gasteiger partial charge in [0.25, 0.3) is 0 Å². The topological polar surface area (TPSA) is 175 Å². The predicted octanol–water partition coefficient (Wildman–Crippen LogP) is 0.936. The lowest BCUT2D eigenvalue weighted by molar-refractivity contribution is 0.0651. The van der Waals surface area contributed by atoms with Gasteiger partial charge in [-0.05, 0) is 12.1 Å². The first kappa shape index (κ1) is 16.5. The molecule has 10 heteroatoms. The Morgan fingerprint density at radius 1 is 0.583 bits per heavy atom. The number of carboxylic acids is 4. The Morgan fingerprint density at radius 3 is 1.12 bits per heavy atom. The molecular formula is C14H8N2O8. The standard InChI is InChI=1S/C14H8N2O8/c17-11(18)5-1-9(15-3-7(5)13(21)22)10-2-6(12(19)20)8(4-16-10)14(23)24/h1-4H,(H,17,18)(H,19,20)(H,21,22)(H,23,24). The zero-order valence-corrected chi connectivity index (χ0v) is 11.6. The van der Waals surface area contributed by atoms with Gasteiger partial charge in [0.1, 0.15) is 0 Å². The minimum Gasteiger partial charge on any atom is -0.478 e. The molecule has 0 unspecified atom stereocenters. The van der Waals surface area contributed by atoms with E-state index >= 15 is 0 Å². The molecule has 0 aromatic carbocycles. The Kier molecular flexibility index (Phi) is 4.22. The fourth-order valence-electron chi connectivity index (χ4n) is 1.89. The quantitative estimate of drug-likeness (QED) is 0.616. The molecule has 0 aliphatic carbocycles. The lowest BCUT2D eigenvalue weighted by atomic mass is 10.1. The number of hydrogen-bond acceptors (Lipinski definition) is 6.